The molecule has 1 aliphatic heterocycles. The Morgan fingerprint density at radius 3 is 2.97 bits per heavy atom. The molecule has 5 rings (SSSR count). The highest BCUT2D eigenvalue weighted by Gasteiger charge is 2.16. The molecule has 3 heterocycles. The Morgan fingerprint density at radius 1 is 1.15 bits per heavy atom. The molecule has 0 spiro atoms. The van der Waals surface area contributed by atoms with Gasteiger partial charge in [0.1, 0.15) is 36.0 Å². The van der Waals surface area contributed by atoms with Gasteiger partial charge in [0.25, 0.3) is 0 Å². The van der Waals surface area contributed by atoms with Crippen LogP contribution in [0.2, 0.25) is 5.02 Å². The summed E-state index contributed by atoms with van der Waals surface area (Å²) < 4.78 is 11.5. The van der Waals surface area contributed by atoms with Crippen LogP contribution in [0.3, 0.4) is 0 Å². The second-order valence-corrected chi connectivity index (χ2v) is 8.15. The Kier molecular flexibility index (Phi) is 6.04. The fourth-order valence-corrected chi connectivity index (χ4v) is 3.79. The molecule has 0 bridgehead atoms. The van der Waals surface area contributed by atoms with Crippen LogP contribution in [0.15, 0.2) is 70.4 Å². The number of aryl methyl sites for hydroxylation is 1. The van der Waals surface area contributed by atoms with Gasteiger partial charge in [-0.25, -0.2) is 15.0 Å². The molecule has 166 valence electrons. The van der Waals surface area contributed by atoms with Crippen molar-refractivity contribution in [2.45, 2.75) is 26.4 Å². The first-order valence-electron chi connectivity index (χ1n) is 10.7. The number of nitrogens with zero attached hydrogens (tertiary/aromatic N) is 4. The summed E-state index contributed by atoms with van der Waals surface area (Å²) in [7, 11) is 0. The van der Waals surface area contributed by atoms with Gasteiger partial charge in [0.05, 0.1) is 17.0 Å². The number of oxazole rings is 1. The maximum Gasteiger partial charge on any atom is 0.226 e. The van der Waals surface area contributed by atoms with Crippen molar-refractivity contribution in [1.82, 2.24) is 15.0 Å². The van der Waals surface area contributed by atoms with E-state index < -0.39 is 0 Å². The molecular formula is C25H22ClN5O2. The molecule has 1 N–H and O–H groups in total. The van der Waals surface area contributed by atoms with Crippen LogP contribution in [0.5, 0.6) is 5.75 Å². The number of benzene rings is 2. The van der Waals surface area contributed by atoms with E-state index in [1.807, 2.05) is 49.5 Å². The number of ether oxygens (including phenoxy) is 1. The molecule has 1 aliphatic rings. The van der Waals surface area contributed by atoms with Gasteiger partial charge in [-0.1, -0.05) is 23.7 Å². The lowest BCUT2D eigenvalue weighted by atomic mass is 10.1. The summed E-state index contributed by atoms with van der Waals surface area (Å²) in [6.07, 6.45) is 5.27. The average molecular weight is 460 g/mol. The molecule has 0 radical (unpaired) electrons. The van der Waals surface area contributed by atoms with Crippen LogP contribution in [0.1, 0.15) is 29.9 Å². The summed E-state index contributed by atoms with van der Waals surface area (Å²) >= 11 is 6.00. The van der Waals surface area contributed by atoms with Gasteiger partial charge in [-0.2, -0.15) is 0 Å². The van der Waals surface area contributed by atoms with Gasteiger partial charge >= 0.3 is 0 Å². The van der Waals surface area contributed by atoms with E-state index in [2.05, 4.69) is 20.3 Å². The fourth-order valence-electron chi connectivity index (χ4n) is 3.61. The lowest BCUT2D eigenvalue weighted by Gasteiger charge is -2.08. The molecule has 0 amide bonds. The molecule has 2 aromatic heterocycles. The molecule has 0 fully saturated rings. The highest BCUT2D eigenvalue weighted by molar-refractivity contribution is 6.30. The van der Waals surface area contributed by atoms with E-state index in [1.165, 1.54) is 0 Å². The van der Waals surface area contributed by atoms with E-state index >= 15 is 0 Å². The van der Waals surface area contributed by atoms with Crippen LogP contribution in [0.4, 0.5) is 11.5 Å². The van der Waals surface area contributed by atoms with Crippen molar-refractivity contribution in [2.24, 2.45) is 4.99 Å². The van der Waals surface area contributed by atoms with Gasteiger partial charge in [0, 0.05) is 23.3 Å². The standard InChI is InChI=1S/C25H22ClN5O2/c1-16-28-13-22-23(9-4-10-27-24(22)29-16)30-19-7-2-5-17(11-19)25-31-20(15-33-25)14-32-21-8-3-6-18(26)12-21/h2-3,5-8,11-13,15H,4,9-10,14H2,1H3,(H,27,28,29). The lowest BCUT2D eigenvalue weighted by molar-refractivity contribution is 0.301. The molecule has 0 saturated heterocycles. The normalized spacial score (nSPS) is 14.4. The highest BCUT2D eigenvalue weighted by Crippen LogP contribution is 2.27. The Bertz CT molecular complexity index is 1320. The number of aliphatic imine (C=N–C) groups is 1. The van der Waals surface area contributed by atoms with Crippen LogP contribution in [-0.4, -0.2) is 27.2 Å². The van der Waals surface area contributed by atoms with Crippen LogP contribution in [0, 0.1) is 6.92 Å². The Labute approximate surface area is 196 Å². The van der Waals surface area contributed by atoms with Crippen LogP contribution in [-0.2, 0) is 6.61 Å². The zero-order chi connectivity index (χ0) is 22.6. The average Bonchev–Trinajstić information content (AvgIpc) is 3.21. The Hall–Kier alpha value is -3.71. The quantitative estimate of drug-likeness (QED) is 0.394. The first-order chi connectivity index (χ1) is 16.1. The predicted octanol–water partition coefficient (Wildman–Crippen LogP) is 6.00. The molecule has 2 aromatic carbocycles. The number of aromatic nitrogens is 3. The van der Waals surface area contributed by atoms with Crippen molar-refractivity contribution in [3.63, 3.8) is 0 Å². The van der Waals surface area contributed by atoms with Crippen LogP contribution in [0.25, 0.3) is 11.5 Å². The minimum atomic E-state index is 0.287. The van der Waals surface area contributed by atoms with Gasteiger partial charge in [0.15, 0.2) is 0 Å². The van der Waals surface area contributed by atoms with E-state index in [9.17, 15) is 0 Å². The predicted molar refractivity (Wildman–Crippen MR) is 128 cm³/mol. The number of hydrogen-bond donors (Lipinski definition) is 1. The third kappa shape index (κ3) is 5.04. The van der Waals surface area contributed by atoms with E-state index in [1.54, 1.807) is 18.4 Å². The maximum atomic E-state index is 6.00. The van der Waals surface area contributed by atoms with Crippen molar-refractivity contribution in [3.8, 4) is 17.2 Å². The lowest BCUT2D eigenvalue weighted by Crippen LogP contribution is -2.06. The number of anilines is 1. The van der Waals surface area contributed by atoms with Gasteiger partial charge in [0.2, 0.25) is 5.89 Å². The molecule has 0 atom stereocenters. The molecule has 0 unspecified atom stereocenters. The number of nitrogens with one attached hydrogen (secondary N) is 1. The molecule has 8 heteroatoms. The molecule has 4 aromatic rings. The zero-order valence-electron chi connectivity index (χ0n) is 18.1. The molecule has 0 aliphatic carbocycles. The number of rotatable bonds is 5. The third-order valence-electron chi connectivity index (χ3n) is 5.19. The summed E-state index contributed by atoms with van der Waals surface area (Å²) in [5, 5.41) is 4.00. The Balaban J connectivity index is 1.36. The van der Waals surface area contributed by atoms with E-state index in [0.717, 1.165) is 53.6 Å². The summed E-state index contributed by atoms with van der Waals surface area (Å²) in [4.78, 5) is 18.4. The minimum absolute atomic E-state index is 0.287. The fraction of sp³-hybridized carbons (Fsp3) is 0.200. The topological polar surface area (TPSA) is 85.4 Å². The van der Waals surface area contributed by atoms with Crippen LogP contribution < -0.4 is 10.1 Å². The number of hydrogen-bond acceptors (Lipinski definition) is 7. The smallest absolute Gasteiger partial charge is 0.226 e. The second kappa shape index (κ2) is 9.42. The molecule has 33 heavy (non-hydrogen) atoms. The summed E-state index contributed by atoms with van der Waals surface area (Å²) in [6, 6.07) is 15.1. The summed E-state index contributed by atoms with van der Waals surface area (Å²) in [5.74, 6) is 2.78. The van der Waals surface area contributed by atoms with Crippen molar-refractivity contribution in [3.05, 3.63) is 83.1 Å². The van der Waals surface area contributed by atoms with Crippen molar-refractivity contribution in [2.75, 3.05) is 11.9 Å². The molecule has 7 nitrogen and oxygen atoms in total. The van der Waals surface area contributed by atoms with Gasteiger partial charge in [-0.05, 0) is 56.2 Å². The van der Waals surface area contributed by atoms with Gasteiger partial charge < -0.3 is 14.5 Å². The maximum absolute atomic E-state index is 6.00. The van der Waals surface area contributed by atoms with Gasteiger partial charge in [-0.3, -0.25) is 4.99 Å². The number of fused-ring (bicyclic) bond motifs is 1. The SMILES string of the molecule is Cc1ncc2c(n1)NCCCC2=Nc1cccc(-c2nc(COc3cccc(Cl)c3)co2)c1. The zero-order valence-corrected chi connectivity index (χ0v) is 18.8. The molecular weight excluding hydrogens is 438 g/mol. The molecule has 0 saturated carbocycles. The van der Waals surface area contributed by atoms with E-state index in [0.29, 0.717) is 22.4 Å². The van der Waals surface area contributed by atoms with Crippen molar-refractivity contribution < 1.29 is 9.15 Å². The summed E-state index contributed by atoms with van der Waals surface area (Å²) in [6.45, 7) is 3.03. The number of halogens is 1. The first kappa shape index (κ1) is 21.2. The monoisotopic (exact) mass is 459 g/mol. The largest absolute Gasteiger partial charge is 0.487 e. The van der Waals surface area contributed by atoms with E-state index in [4.69, 9.17) is 25.7 Å². The van der Waals surface area contributed by atoms with Crippen molar-refractivity contribution in [1.29, 1.82) is 0 Å². The first-order valence-corrected chi connectivity index (χ1v) is 11.1. The summed E-state index contributed by atoms with van der Waals surface area (Å²) in [5.41, 5.74) is 4.28. The van der Waals surface area contributed by atoms with Gasteiger partial charge in [-0.15, -0.1) is 0 Å². The minimum Gasteiger partial charge on any atom is -0.487 e. The van der Waals surface area contributed by atoms with Crippen molar-refractivity contribution >= 4 is 28.8 Å². The third-order valence-corrected chi connectivity index (χ3v) is 5.43. The highest BCUT2D eigenvalue weighted by atomic mass is 35.5. The van der Waals surface area contributed by atoms with Crippen LogP contribution >= 0.6 is 11.6 Å². The Morgan fingerprint density at radius 2 is 2.06 bits per heavy atom. The van der Waals surface area contributed by atoms with E-state index in [-0.39, 0.29) is 6.61 Å². The second-order valence-electron chi connectivity index (χ2n) is 7.71.